The van der Waals surface area contributed by atoms with Gasteiger partial charge in [-0.2, -0.15) is 0 Å². The summed E-state index contributed by atoms with van der Waals surface area (Å²) in [6.07, 6.45) is 1.92. The van der Waals surface area contributed by atoms with Crippen LogP contribution in [0.2, 0.25) is 5.02 Å². The van der Waals surface area contributed by atoms with Gasteiger partial charge in [0.1, 0.15) is 17.5 Å². The third-order valence-corrected chi connectivity index (χ3v) is 7.26. The van der Waals surface area contributed by atoms with Crippen molar-refractivity contribution < 1.29 is 14.3 Å². The first-order valence-corrected chi connectivity index (χ1v) is 13.4. The molecule has 2 amide bonds. The summed E-state index contributed by atoms with van der Waals surface area (Å²) in [5.41, 5.74) is 3.18. The Balaban J connectivity index is 1.28. The fourth-order valence-electron chi connectivity index (χ4n) is 5.14. The average Bonchev–Trinajstić information content (AvgIpc) is 3.44. The van der Waals surface area contributed by atoms with Crippen LogP contribution in [0.5, 0.6) is 0 Å². The first kappa shape index (κ1) is 25.4. The van der Waals surface area contributed by atoms with Crippen LogP contribution in [0.1, 0.15) is 40.0 Å². The Labute approximate surface area is 222 Å². The molecule has 2 aliphatic heterocycles. The number of amides is 2. The minimum absolute atomic E-state index is 0.0179. The Morgan fingerprint density at radius 1 is 1.03 bits per heavy atom. The lowest BCUT2D eigenvalue weighted by Crippen LogP contribution is -2.49. The lowest BCUT2D eigenvalue weighted by Gasteiger charge is -2.31. The SMILES string of the molecule is CC(C)(C)OC(=O)N1CCC[C@@H]1C(=O)N1CCCN(c2ccc(Cl)c(-c3nc4ccccc4[nH]3)c2)CC1. The second-order valence-electron chi connectivity index (χ2n) is 10.8. The molecule has 0 unspecified atom stereocenters. The monoisotopic (exact) mass is 523 g/mol. The molecular weight excluding hydrogens is 490 g/mol. The molecular formula is C28H34ClN5O3. The van der Waals surface area contributed by atoms with Gasteiger partial charge in [0.25, 0.3) is 0 Å². The van der Waals surface area contributed by atoms with Crippen LogP contribution in [-0.2, 0) is 9.53 Å². The Bertz CT molecular complexity index is 1270. The van der Waals surface area contributed by atoms with Gasteiger partial charge < -0.3 is 19.5 Å². The predicted octanol–water partition coefficient (Wildman–Crippen LogP) is 5.32. The molecule has 2 fully saturated rings. The van der Waals surface area contributed by atoms with Gasteiger partial charge in [0.15, 0.2) is 0 Å². The summed E-state index contributed by atoms with van der Waals surface area (Å²) < 4.78 is 5.56. The summed E-state index contributed by atoms with van der Waals surface area (Å²) in [6, 6.07) is 13.5. The van der Waals surface area contributed by atoms with Crippen LogP contribution < -0.4 is 4.90 Å². The zero-order valence-electron chi connectivity index (χ0n) is 21.7. The number of carbonyl (C=O) groups is 2. The normalized spacial score (nSPS) is 18.8. The van der Waals surface area contributed by atoms with Gasteiger partial charge in [0.05, 0.1) is 16.1 Å². The number of anilines is 1. The summed E-state index contributed by atoms with van der Waals surface area (Å²) in [5.74, 6) is 0.757. The lowest BCUT2D eigenvalue weighted by molar-refractivity contribution is -0.135. The van der Waals surface area contributed by atoms with Gasteiger partial charge in [-0.05, 0) is 70.4 Å². The smallest absolute Gasteiger partial charge is 0.410 e. The number of halogens is 1. The van der Waals surface area contributed by atoms with Gasteiger partial charge in [-0.3, -0.25) is 9.69 Å². The largest absolute Gasteiger partial charge is 0.444 e. The molecule has 9 heteroatoms. The van der Waals surface area contributed by atoms with Crippen molar-refractivity contribution in [3.8, 4) is 11.4 Å². The van der Waals surface area contributed by atoms with Crippen molar-refractivity contribution in [2.75, 3.05) is 37.6 Å². The molecule has 3 heterocycles. The molecule has 8 nitrogen and oxygen atoms in total. The van der Waals surface area contributed by atoms with E-state index in [2.05, 4.69) is 16.0 Å². The highest BCUT2D eigenvalue weighted by molar-refractivity contribution is 6.33. The fraction of sp³-hybridized carbons (Fsp3) is 0.464. The van der Waals surface area contributed by atoms with Crippen LogP contribution in [0.15, 0.2) is 42.5 Å². The Morgan fingerprint density at radius 3 is 2.62 bits per heavy atom. The number of H-pyrrole nitrogens is 1. The second kappa shape index (κ2) is 10.2. The zero-order valence-corrected chi connectivity index (χ0v) is 22.4. The van der Waals surface area contributed by atoms with E-state index in [1.165, 1.54) is 0 Å². The number of nitrogens with one attached hydrogen (secondary N) is 1. The molecule has 0 bridgehead atoms. The van der Waals surface area contributed by atoms with Gasteiger partial charge in [-0.25, -0.2) is 9.78 Å². The van der Waals surface area contributed by atoms with E-state index >= 15 is 0 Å². The third-order valence-electron chi connectivity index (χ3n) is 6.93. The highest BCUT2D eigenvalue weighted by atomic mass is 35.5. The number of rotatable bonds is 3. The number of imidazole rings is 1. The third kappa shape index (κ3) is 5.54. The molecule has 3 aromatic rings. The van der Waals surface area contributed by atoms with Crippen molar-refractivity contribution in [3.63, 3.8) is 0 Å². The van der Waals surface area contributed by atoms with E-state index in [-0.39, 0.29) is 5.91 Å². The van der Waals surface area contributed by atoms with Crippen molar-refractivity contribution >= 4 is 40.3 Å². The minimum atomic E-state index is -0.587. The second-order valence-corrected chi connectivity index (χ2v) is 11.2. The van der Waals surface area contributed by atoms with Gasteiger partial charge in [0.2, 0.25) is 5.91 Å². The van der Waals surface area contributed by atoms with Crippen molar-refractivity contribution in [2.45, 2.75) is 51.7 Å². The van der Waals surface area contributed by atoms with Crippen molar-refractivity contribution in [2.24, 2.45) is 0 Å². The van der Waals surface area contributed by atoms with Gasteiger partial charge in [0, 0.05) is 44.0 Å². The summed E-state index contributed by atoms with van der Waals surface area (Å²) in [6.45, 7) is 8.88. The number of hydrogen-bond acceptors (Lipinski definition) is 5. The molecule has 1 N–H and O–H groups in total. The number of likely N-dealkylation sites (tertiary alicyclic amines) is 1. The van der Waals surface area contributed by atoms with E-state index in [1.807, 2.05) is 62.1 Å². The summed E-state index contributed by atoms with van der Waals surface area (Å²) in [4.78, 5) is 40.1. The number of nitrogens with zero attached hydrogens (tertiary/aromatic N) is 4. The summed E-state index contributed by atoms with van der Waals surface area (Å²) in [7, 11) is 0. The van der Waals surface area contributed by atoms with Crippen molar-refractivity contribution in [3.05, 3.63) is 47.5 Å². The molecule has 1 atom stereocenters. The van der Waals surface area contributed by atoms with Gasteiger partial charge >= 0.3 is 6.09 Å². The molecule has 37 heavy (non-hydrogen) atoms. The average molecular weight is 524 g/mol. The topological polar surface area (TPSA) is 81.8 Å². The zero-order chi connectivity index (χ0) is 26.2. The number of aromatic nitrogens is 2. The number of para-hydroxylation sites is 2. The minimum Gasteiger partial charge on any atom is -0.444 e. The molecule has 2 aliphatic rings. The highest BCUT2D eigenvalue weighted by Gasteiger charge is 2.39. The molecule has 0 saturated carbocycles. The van der Waals surface area contributed by atoms with E-state index in [9.17, 15) is 9.59 Å². The van der Waals surface area contributed by atoms with Crippen molar-refractivity contribution in [1.82, 2.24) is 19.8 Å². The number of benzene rings is 2. The molecule has 196 valence electrons. The number of carbonyl (C=O) groups excluding carboxylic acids is 2. The predicted molar refractivity (Wildman–Crippen MR) is 146 cm³/mol. The van der Waals surface area contributed by atoms with Gasteiger partial charge in [-0.15, -0.1) is 0 Å². The maximum atomic E-state index is 13.5. The van der Waals surface area contributed by atoms with Crippen molar-refractivity contribution in [1.29, 1.82) is 0 Å². The highest BCUT2D eigenvalue weighted by Crippen LogP contribution is 2.32. The van der Waals surface area contributed by atoms with E-state index < -0.39 is 17.7 Å². The standard InChI is InChI=1S/C28H34ClN5O3/c1-28(2,3)37-27(36)34-15-6-10-24(34)26(35)33-14-7-13-32(16-17-33)19-11-12-21(29)20(18-19)25-30-22-8-4-5-9-23(22)31-25/h4-5,8-9,11-12,18,24H,6-7,10,13-17H2,1-3H3,(H,30,31)/t24-/m1/s1. The molecule has 1 aromatic heterocycles. The van der Waals surface area contributed by atoms with E-state index in [0.717, 1.165) is 47.5 Å². The van der Waals surface area contributed by atoms with Gasteiger partial charge in [-0.1, -0.05) is 23.7 Å². The molecule has 0 spiro atoms. The molecule has 0 radical (unpaired) electrons. The lowest BCUT2D eigenvalue weighted by atomic mass is 10.1. The Kier molecular flexibility index (Phi) is 7.03. The summed E-state index contributed by atoms with van der Waals surface area (Å²) >= 11 is 6.57. The number of fused-ring (bicyclic) bond motifs is 1. The van der Waals surface area contributed by atoms with E-state index in [1.54, 1.807) is 4.90 Å². The van der Waals surface area contributed by atoms with Crippen LogP contribution in [0.3, 0.4) is 0 Å². The number of ether oxygens (including phenoxy) is 1. The Morgan fingerprint density at radius 2 is 1.84 bits per heavy atom. The maximum absolute atomic E-state index is 13.5. The molecule has 5 rings (SSSR count). The Hall–Kier alpha value is -3.26. The van der Waals surface area contributed by atoms with Crippen LogP contribution in [0.4, 0.5) is 10.5 Å². The number of hydrogen-bond donors (Lipinski definition) is 1. The van der Waals surface area contributed by atoms with Crippen LogP contribution in [-0.4, -0.2) is 76.1 Å². The number of aromatic amines is 1. The quantitative estimate of drug-likeness (QED) is 0.502. The molecule has 2 aromatic carbocycles. The van der Waals surface area contributed by atoms with Crippen LogP contribution >= 0.6 is 11.6 Å². The first-order valence-electron chi connectivity index (χ1n) is 13.0. The van der Waals surface area contributed by atoms with Crippen LogP contribution in [0, 0.1) is 0 Å². The fourth-order valence-corrected chi connectivity index (χ4v) is 5.35. The van der Waals surface area contributed by atoms with E-state index in [4.69, 9.17) is 21.3 Å². The molecule has 0 aliphatic carbocycles. The van der Waals surface area contributed by atoms with Crippen LogP contribution in [0.25, 0.3) is 22.4 Å². The maximum Gasteiger partial charge on any atom is 0.410 e. The summed E-state index contributed by atoms with van der Waals surface area (Å²) in [5, 5.41) is 0.637. The first-order chi connectivity index (χ1) is 17.7. The van der Waals surface area contributed by atoms with E-state index in [0.29, 0.717) is 37.6 Å². The molecule has 2 saturated heterocycles.